The van der Waals surface area contributed by atoms with E-state index in [2.05, 4.69) is 24.8 Å². The lowest BCUT2D eigenvalue weighted by atomic mass is 10.3. The molecule has 3 aromatic rings. The van der Waals surface area contributed by atoms with Crippen LogP contribution in [0.4, 0.5) is 23.3 Å². The SMILES string of the molecule is CN(c1ccc(N)cc1)c1nc(N2CCOCC2)nc(-n2ccnc2)n1. The summed E-state index contributed by atoms with van der Waals surface area (Å²) in [4.78, 5) is 22.0. The van der Waals surface area contributed by atoms with Gasteiger partial charge in [-0.25, -0.2) is 4.98 Å². The van der Waals surface area contributed by atoms with Crippen LogP contribution in [-0.2, 0) is 4.74 Å². The summed E-state index contributed by atoms with van der Waals surface area (Å²) in [5.41, 5.74) is 7.44. The Balaban J connectivity index is 1.74. The maximum absolute atomic E-state index is 5.79. The number of nitrogens with two attached hydrogens (primary N) is 1. The van der Waals surface area contributed by atoms with Gasteiger partial charge >= 0.3 is 0 Å². The summed E-state index contributed by atoms with van der Waals surface area (Å²) in [5, 5.41) is 0. The molecule has 2 aromatic heterocycles. The second-order valence-corrected chi connectivity index (χ2v) is 5.96. The standard InChI is InChI=1S/C17H20N8O/c1-23(14-4-2-13(18)3-5-14)15-20-16(24-8-10-26-11-9-24)22-17(21-15)25-7-6-19-12-25/h2-7,12H,8-11,18H2,1H3. The third-order valence-corrected chi connectivity index (χ3v) is 4.21. The van der Waals surface area contributed by atoms with Crippen LogP contribution in [0, 0.1) is 0 Å². The smallest absolute Gasteiger partial charge is 0.241 e. The Hall–Kier alpha value is -3.20. The molecule has 2 N–H and O–H groups in total. The predicted molar refractivity (Wildman–Crippen MR) is 98.9 cm³/mol. The van der Waals surface area contributed by atoms with E-state index in [4.69, 9.17) is 10.5 Å². The van der Waals surface area contributed by atoms with Crippen molar-refractivity contribution in [3.05, 3.63) is 43.0 Å². The summed E-state index contributed by atoms with van der Waals surface area (Å²) < 4.78 is 7.20. The minimum atomic E-state index is 0.524. The van der Waals surface area contributed by atoms with Crippen LogP contribution in [0.1, 0.15) is 0 Å². The molecular formula is C17H20N8O. The first-order valence-corrected chi connectivity index (χ1v) is 8.37. The van der Waals surface area contributed by atoms with Crippen molar-refractivity contribution in [2.45, 2.75) is 0 Å². The zero-order chi connectivity index (χ0) is 17.9. The summed E-state index contributed by atoms with van der Waals surface area (Å²) in [6.45, 7) is 2.82. The van der Waals surface area contributed by atoms with Gasteiger partial charge in [-0.1, -0.05) is 0 Å². The van der Waals surface area contributed by atoms with Gasteiger partial charge in [0.1, 0.15) is 6.33 Å². The van der Waals surface area contributed by atoms with E-state index in [1.165, 1.54) is 0 Å². The van der Waals surface area contributed by atoms with Crippen molar-refractivity contribution in [3.63, 3.8) is 0 Å². The molecule has 1 aromatic carbocycles. The minimum Gasteiger partial charge on any atom is -0.399 e. The highest BCUT2D eigenvalue weighted by Crippen LogP contribution is 2.24. The summed E-state index contributed by atoms with van der Waals surface area (Å²) in [6, 6.07) is 7.58. The number of ether oxygens (including phenoxy) is 1. The molecule has 3 heterocycles. The molecule has 0 atom stereocenters. The maximum atomic E-state index is 5.79. The van der Waals surface area contributed by atoms with Crippen LogP contribution in [0.3, 0.4) is 0 Å². The number of anilines is 4. The first kappa shape index (κ1) is 16.3. The number of hydrogen-bond acceptors (Lipinski definition) is 8. The highest BCUT2D eigenvalue weighted by Gasteiger charge is 2.19. The molecule has 1 aliphatic rings. The predicted octanol–water partition coefficient (Wildman–Crippen LogP) is 1.24. The van der Waals surface area contributed by atoms with Gasteiger partial charge in [-0.2, -0.15) is 15.0 Å². The van der Waals surface area contributed by atoms with Gasteiger partial charge in [-0.15, -0.1) is 0 Å². The molecule has 0 aliphatic carbocycles. The average molecular weight is 352 g/mol. The monoisotopic (exact) mass is 352 g/mol. The maximum Gasteiger partial charge on any atom is 0.241 e. The van der Waals surface area contributed by atoms with Crippen LogP contribution >= 0.6 is 0 Å². The molecule has 26 heavy (non-hydrogen) atoms. The molecule has 134 valence electrons. The van der Waals surface area contributed by atoms with E-state index in [0.717, 1.165) is 18.8 Å². The fourth-order valence-electron chi connectivity index (χ4n) is 2.70. The number of rotatable bonds is 4. The van der Waals surface area contributed by atoms with Gasteiger partial charge in [0.15, 0.2) is 0 Å². The lowest BCUT2D eigenvalue weighted by Crippen LogP contribution is -2.38. The molecule has 1 aliphatic heterocycles. The van der Waals surface area contributed by atoms with Crippen molar-refractivity contribution in [2.24, 2.45) is 0 Å². The second-order valence-electron chi connectivity index (χ2n) is 5.96. The summed E-state index contributed by atoms with van der Waals surface area (Å²) in [6.07, 6.45) is 5.18. The largest absolute Gasteiger partial charge is 0.399 e. The van der Waals surface area contributed by atoms with Gasteiger partial charge in [-0.3, -0.25) is 4.57 Å². The third kappa shape index (κ3) is 3.29. The first-order chi connectivity index (χ1) is 12.7. The number of morpholine rings is 1. The normalized spacial score (nSPS) is 14.4. The van der Waals surface area contributed by atoms with E-state index in [1.807, 2.05) is 42.4 Å². The Labute approximate surface area is 151 Å². The summed E-state index contributed by atoms with van der Waals surface area (Å²) in [7, 11) is 1.92. The van der Waals surface area contributed by atoms with Crippen molar-refractivity contribution in [3.8, 4) is 5.95 Å². The average Bonchev–Trinajstić information content (AvgIpc) is 3.23. The Kier molecular flexibility index (Phi) is 4.36. The Bertz CT molecular complexity index is 859. The number of nitrogens with zero attached hydrogens (tertiary/aromatic N) is 7. The van der Waals surface area contributed by atoms with Crippen LogP contribution < -0.4 is 15.5 Å². The van der Waals surface area contributed by atoms with Crippen molar-refractivity contribution >= 4 is 23.3 Å². The molecule has 0 saturated carbocycles. The molecule has 9 heteroatoms. The van der Waals surface area contributed by atoms with Crippen LogP contribution in [0.5, 0.6) is 0 Å². The van der Waals surface area contributed by atoms with Crippen molar-refractivity contribution in [1.29, 1.82) is 0 Å². The van der Waals surface area contributed by atoms with E-state index in [-0.39, 0.29) is 0 Å². The second kappa shape index (κ2) is 6.96. The van der Waals surface area contributed by atoms with E-state index in [0.29, 0.717) is 36.7 Å². The van der Waals surface area contributed by atoms with E-state index >= 15 is 0 Å². The fourth-order valence-corrected chi connectivity index (χ4v) is 2.70. The molecule has 1 saturated heterocycles. The molecule has 0 bridgehead atoms. The van der Waals surface area contributed by atoms with Gasteiger partial charge in [0, 0.05) is 43.9 Å². The van der Waals surface area contributed by atoms with Crippen molar-refractivity contribution in [1.82, 2.24) is 24.5 Å². The van der Waals surface area contributed by atoms with Crippen LogP contribution in [0.2, 0.25) is 0 Å². The van der Waals surface area contributed by atoms with Gasteiger partial charge in [0.2, 0.25) is 17.8 Å². The number of nitrogen functional groups attached to an aromatic ring is 1. The van der Waals surface area contributed by atoms with E-state index < -0.39 is 0 Å². The topological polar surface area (TPSA) is 98.2 Å². The number of benzene rings is 1. The van der Waals surface area contributed by atoms with Crippen LogP contribution in [0.15, 0.2) is 43.0 Å². The third-order valence-electron chi connectivity index (χ3n) is 4.21. The molecule has 0 radical (unpaired) electrons. The number of imidazole rings is 1. The minimum absolute atomic E-state index is 0.524. The Morgan fingerprint density at radius 1 is 1.04 bits per heavy atom. The van der Waals surface area contributed by atoms with Crippen LogP contribution in [0.25, 0.3) is 5.95 Å². The molecular weight excluding hydrogens is 332 g/mol. The van der Waals surface area contributed by atoms with Crippen LogP contribution in [-0.4, -0.2) is 57.9 Å². The Morgan fingerprint density at radius 3 is 2.46 bits per heavy atom. The highest BCUT2D eigenvalue weighted by atomic mass is 16.5. The van der Waals surface area contributed by atoms with E-state index in [1.54, 1.807) is 17.1 Å². The molecule has 1 fully saturated rings. The lowest BCUT2D eigenvalue weighted by Gasteiger charge is -2.28. The Morgan fingerprint density at radius 2 is 1.77 bits per heavy atom. The van der Waals surface area contributed by atoms with Gasteiger partial charge in [0.05, 0.1) is 13.2 Å². The molecule has 0 spiro atoms. The molecule has 0 unspecified atom stereocenters. The molecule has 4 rings (SSSR count). The first-order valence-electron chi connectivity index (χ1n) is 8.37. The quantitative estimate of drug-likeness (QED) is 0.701. The molecule has 0 amide bonds. The highest BCUT2D eigenvalue weighted by molar-refractivity contribution is 5.60. The fraction of sp³-hybridized carbons (Fsp3) is 0.294. The molecule has 9 nitrogen and oxygen atoms in total. The lowest BCUT2D eigenvalue weighted by molar-refractivity contribution is 0.122. The number of hydrogen-bond donors (Lipinski definition) is 1. The summed E-state index contributed by atoms with van der Waals surface area (Å²) >= 11 is 0. The van der Waals surface area contributed by atoms with Crippen molar-refractivity contribution < 1.29 is 4.74 Å². The van der Waals surface area contributed by atoms with Gasteiger partial charge in [-0.05, 0) is 24.3 Å². The van der Waals surface area contributed by atoms with Gasteiger partial charge in [0.25, 0.3) is 0 Å². The van der Waals surface area contributed by atoms with E-state index in [9.17, 15) is 0 Å². The zero-order valence-corrected chi connectivity index (χ0v) is 14.5. The number of aromatic nitrogens is 5. The van der Waals surface area contributed by atoms with Crippen molar-refractivity contribution in [2.75, 3.05) is 48.9 Å². The van der Waals surface area contributed by atoms with Gasteiger partial charge < -0.3 is 20.3 Å². The summed E-state index contributed by atoms with van der Waals surface area (Å²) in [5.74, 6) is 1.70. The zero-order valence-electron chi connectivity index (χ0n) is 14.5.